The van der Waals surface area contributed by atoms with Crippen LogP contribution < -0.4 is 4.74 Å². The molecule has 0 aliphatic rings. The highest BCUT2D eigenvalue weighted by Gasteiger charge is 2.17. The van der Waals surface area contributed by atoms with E-state index in [1.165, 1.54) is 0 Å². The zero-order valence-electron chi connectivity index (χ0n) is 9.87. The summed E-state index contributed by atoms with van der Waals surface area (Å²) in [4.78, 5) is 11.7. The van der Waals surface area contributed by atoms with Crippen LogP contribution >= 0.6 is 31.9 Å². The first-order chi connectivity index (χ1) is 7.78. The zero-order chi connectivity index (χ0) is 13.1. The Labute approximate surface area is 118 Å². The average Bonchev–Trinajstić information content (AvgIpc) is 2.15. The molecule has 0 aliphatic heterocycles. The maximum atomic E-state index is 11.7. The van der Waals surface area contributed by atoms with Crippen molar-refractivity contribution in [3.05, 3.63) is 29.8 Å². The summed E-state index contributed by atoms with van der Waals surface area (Å²) >= 11 is 6.40. The van der Waals surface area contributed by atoms with Crippen LogP contribution in [0.2, 0.25) is 0 Å². The van der Waals surface area contributed by atoms with Crippen molar-refractivity contribution in [2.75, 3.05) is 0 Å². The molecule has 0 atom stereocenters. The smallest absolute Gasteiger partial charge is 0.338 e. The van der Waals surface area contributed by atoms with Crippen molar-refractivity contribution in [2.24, 2.45) is 0 Å². The lowest BCUT2D eigenvalue weighted by molar-refractivity contribution is 0.00695. The molecule has 1 aromatic rings. The van der Waals surface area contributed by atoms with Gasteiger partial charge in [0, 0.05) is 0 Å². The molecule has 0 saturated carbocycles. The maximum Gasteiger partial charge on any atom is 0.338 e. The Bertz CT molecular complexity index is 380. The summed E-state index contributed by atoms with van der Waals surface area (Å²) < 4.78 is 10.3. The minimum absolute atomic E-state index is 0.248. The Kier molecular flexibility index (Phi) is 5.01. The van der Waals surface area contributed by atoms with E-state index in [1.54, 1.807) is 24.3 Å². The van der Waals surface area contributed by atoms with Crippen LogP contribution in [0.3, 0.4) is 0 Å². The van der Waals surface area contributed by atoms with Gasteiger partial charge in [-0.25, -0.2) is 4.79 Å². The first-order valence-electron chi connectivity index (χ1n) is 5.06. The Morgan fingerprint density at radius 1 is 1.18 bits per heavy atom. The summed E-state index contributed by atoms with van der Waals surface area (Å²) in [7, 11) is 0. The number of alkyl halides is 2. The second kappa shape index (κ2) is 5.87. The van der Waals surface area contributed by atoms with Crippen LogP contribution in [0, 0.1) is 0 Å². The molecule has 17 heavy (non-hydrogen) atoms. The van der Waals surface area contributed by atoms with Gasteiger partial charge in [-0.3, -0.25) is 0 Å². The summed E-state index contributed by atoms with van der Waals surface area (Å²) in [5.74, 6) is 0.328. The van der Waals surface area contributed by atoms with Crippen molar-refractivity contribution < 1.29 is 14.3 Å². The molecule has 0 aromatic heterocycles. The van der Waals surface area contributed by atoms with Crippen LogP contribution in [-0.2, 0) is 4.74 Å². The normalized spacial score (nSPS) is 11.4. The van der Waals surface area contributed by atoms with Gasteiger partial charge in [-0.15, -0.1) is 0 Å². The van der Waals surface area contributed by atoms with Gasteiger partial charge in [-0.1, -0.05) is 0 Å². The summed E-state index contributed by atoms with van der Waals surface area (Å²) in [6.45, 7) is 5.51. The number of halogens is 2. The van der Waals surface area contributed by atoms with Crippen LogP contribution in [0.1, 0.15) is 31.1 Å². The molecule has 3 nitrogen and oxygen atoms in total. The third kappa shape index (κ3) is 5.55. The van der Waals surface area contributed by atoms with Crippen molar-refractivity contribution in [2.45, 2.75) is 30.3 Å². The predicted octanol–water partition coefficient (Wildman–Crippen LogP) is 4.09. The number of carbonyl (C=O) groups excluding carboxylic acids is 1. The van der Waals surface area contributed by atoms with Crippen LogP contribution in [0.5, 0.6) is 5.75 Å². The van der Waals surface area contributed by atoms with Gasteiger partial charge in [0.25, 0.3) is 0 Å². The van der Waals surface area contributed by atoms with Crippen LogP contribution in [-0.4, -0.2) is 15.5 Å². The van der Waals surface area contributed by atoms with E-state index in [1.807, 2.05) is 20.8 Å². The molecule has 0 saturated heterocycles. The van der Waals surface area contributed by atoms with Crippen molar-refractivity contribution in [3.63, 3.8) is 0 Å². The third-order valence-electron chi connectivity index (χ3n) is 1.71. The molecule has 94 valence electrons. The van der Waals surface area contributed by atoms with Gasteiger partial charge >= 0.3 is 5.97 Å². The van der Waals surface area contributed by atoms with Gasteiger partial charge in [0.05, 0.1) is 5.56 Å². The summed E-state index contributed by atoms with van der Waals surface area (Å²) in [5.41, 5.74) is 0.0243. The first kappa shape index (κ1) is 14.5. The lowest BCUT2D eigenvalue weighted by Crippen LogP contribution is -2.23. The summed E-state index contributed by atoms with van der Waals surface area (Å²) in [5, 5.41) is 0. The second-order valence-corrected chi connectivity index (χ2v) is 7.30. The number of carbonyl (C=O) groups is 1. The Hall–Kier alpha value is -0.550. The van der Waals surface area contributed by atoms with Gasteiger partial charge in [-0.2, -0.15) is 0 Å². The topological polar surface area (TPSA) is 35.5 Å². The highest BCUT2D eigenvalue weighted by atomic mass is 79.9. The summed E-state index contributed by atoms with van der Waals surface area (Å²) in [6, 6.07) is 6.78. The average molecular weight is 366 g/mol. The van der Waals surface area contributed by atoms with E-state index in [0.29, 0.717) is 11.3 Å². The van der Waals surface area contributed by atoms with Crippen molar-refractivity contribution in [1.29, 1.82) is 0 Å². The molecule has 0 N–H and O–H groups in total. The first-order valence-corrected chi connectivity index (χ1v) is 6.89. The lowest BCUT2D eigenvalue weighted by atomic mass is 10.1. The molecule has 1 aromatic carbocycles. The number of rotatable bonds is 3. The van der Waals surface area contributed by atoms with E-state index >= 15 is 0 Å². The number of benzene rings is 1. The standard InChI is InChI=1S/C12H14Br2O3/c1-12(2,3)17-10(15)8-4-6-9(7-5-8)16-11(13)14/h4-7,11H,1-3H3. The SMILES string of the molecule is CC(C)(C)OC(=O)c1ccc(OC(Br)Br)cc1. The van der Waals surface area contributed by atoms with Gasteiger partial charge in [0.15, 0.2) is 0 Å². The quantitative estimate of drug-likeness (QED) is 0.597. The Morgan fingerprint density at radius 2 is 1.71 bits per heavy atom. The molecule has 1 rings (SSSR count). The number of ether oxygens (including phenoxy) is 2. The number of esters is 1. The zero-order valence-corrected chi connectivity index (χ0v) is 13.0. The Balaban J connectivity index is 2.71. The van der Waals surface area contributed by atoms with Gasteiger partial charge in [0.2, 0.25) is 3.92 Å². The van der Waals surface area contributed by atoms with Gasteiger partial charge < -0.3 is 9.47 Å². The lowest BCUT2D eigenvalue weighted by Gasteiger charge is -2.19. The minimum atomic E-state index is -0.483. The van der Waals surface area contributed by atoms with E-state index in [0.717, 1.165) is 0 Å². The van der Waals surface area contributed by atoms with Crippen molar-refractivity contribution >= 4 is 37.8 Å². The van der Waals surface area contributed by atoms with Crippen molar-refractivity contribution in [1.82, 2.24) is 0 Å². The fourth-order valence-corrected chi connectivity index (χ4v) is 1.54. The monoisotopic (exact) mass is 364 g/mol. The van der Waals surface area contributed by atoms with Crippen LogP contribution in [0.25, 0.3) is 0 Å². The summed E-state index contributed by atoms with van der Waals surface area (Å²) in [6.07, 6.45) is 0. The number of hydrogen-bond donors (Lipinski definition) is 0. The van der Waals surface area contributed by atoms with E-state index in [-0.39, 0.29) is 9.89 Å². The second-order valence-electron chi connectivity index (χ2n) is 4.40. The van der Waals surface area contributed by atoms with Gasteiger partial charge in [0.1, 0.15) is 11.4 Å². The molecule has 0 fully saturated rings. The Morgan fingerprint density at radius 3 is 2.12 bits per heavy atom. The van der Waals surface area contributed by atoms with Gasteiger partial charge in [-0.05, 0) is 76.9 Å². The molecule has 0 amide bonds. The van der Waals surface area contributed by atoms with Crippen LogP contribution in [0.4, 0.5) is 0 Å². The molecule has 0 radical (unpaired) electrons. The van der Waals surface area contributed by atoms with Crippen molar-refractivity contribution in [3.8, 4) is 5.75 Å². The molecular weight excluding hydrogens is 352 g/mol. The highest BCUT2D eigenvalue weighted by molar-refractivity contribution is 9.24. The molecule has 0 unspecified atom stereocenters. The van der Waals surface area contributed by atoms with E-state index in [4.69, 9.17) is 9.47 Å². The maximum absolute atomic E-state index is 11.7. The molecule has 0 aliphatic carbocycles. The minimum Gasteiger partial charge on any atom is -0.469 e. The fraction of sp³-hybridized carbons (Fsp3) is 0.417. The van der Waals surface area contributed by atoms with E-state index in [9.17, 15) is 4.79 Å². The predicted molar refractivity (Wildman–Crippen MR) is 73.9 cm³/mol. The third-order valence-corrected chi connectivity index (χ3v) is 2.09. The van der Waals surface area contributed by atoms with E-state index in [2.05, 4.69) is 31.9 Å². The number of hydrogen-bond acceptors (Lipinski definition) is 3. The molecular formula is C12H14Br2O3. The largest absolute Gasteiger partial charge is 0.469 e. The highest BCUT2D eigenvalue weighted by Crippen LogP contribution is 2.20. The molecule has 0 spiro atoms. The fourth-order valence-electron chi connectivity index (χ4n) is 1.11. The molecule has 0 bridgehead atoms. The molecule has 5 heteroatoms. The van der Waals surface area contributed by atoms with Crippen LogP contribution in [0.15, 0.2) is 24.3 Å². The van der Waals surface area contributed by atoms with E-state index < -0.39 is 5.60 Å². The molecule has 0 heterocycles.